The number of nitrogens with one attached hydrogen (secondary N) is 1. The molecule has 1 fully saturated rings. The topological polar surface area (TPSA) is 65.8 Å². The molecule has 0 saturated heterocycles. The van der Waals surface area contributed by atoms with E-state index in [1.54, 1.807) is 18.3 Å². The Morgan fingerprint density at radius 3 is 3.06 bits per heavy atom. The van der Waals surface area contributed by atoms with Crippen LogP contribution in [0.3, 0.4) is 0 Å². The highest BCUT2D eigenvalue weighted by molar-refractivity contribution is 9.10. The van der Waals surface area contributed by atoms with E-state index in [0.717, 1.165) is 12.8 Å². The number of rotatable bonds is 2. The molecule has 5 heteroatoms. The van der Waals surface area contributed by atoms with Gasteiger partial charge in [0.25, 0.3) is 5.91 Å². The molecular formula is C13H14BrN3O. The maximum Gasteiger partial charge on any atom is 0.272 e. The van der Waals surface area contributed by atoms with Gasteiger partial charge in [0.1, 0.15) is 11.2 Å². The minimum Gasteiger partial charge on any atom is -0.332 e. The fraction of sp³-hybridized carbons (Fsp3) is 0.462. The van der Waals surface area contributed by atoms with Crippen LogP contribution < -0.4 is 5.32 Å². The second-order valence-electron chi connectivity index (χ2n) is 4.66. The summed E-state index contributed by atoms with van der Waals surface area (Å²) < 4.78 is 0.640. The van der Waals surface area contributed by atoms with Gasteiger partial charge in [0.2, 0.25) is 0 Å². The molecule has 0 bridgehead atoms. The second-order valence-corrected chi connectivity index (χ2v) is 5.52. The molecule has 4 nitrogen and oxygen atoms in total. The third-order valence-corrected chi connectivity index (χ3v) is 4.20. The molecule has 2 rings (SSSR count). The largest absolute Gasteiger partial charge is 0.332 e. The Morgan fingerprint density at radius 2 is 2.50 bits per heavy atom. The van der Waals surface area contributed by atoms with E-state index in [2.05, 4.69) is 32.3 Å². The summed E-state index contributed by atoms with van der Waals surface area (Å²) in [6.45, 7) is 2.00. The summed E-state index contributed by atoms with van der Waals surface area (Å²) in [6, 6.07) is 5.78. The number of carbonyl (C=O) groups is 1. The van der Waals surface area contributed by atoms with Crippen molar-refractivity contribution in [2.75, 3.05) is 0 Å². The van der Waals surface area contributed by atoms with E-state index in [1.807, 2.05) is 6.92 Å². The van der Waals surface area contributed by atoms with Gasteiger partial charge < -0.3 is 5.32 Å². The number of hydrogen-bond donors (Lipinski definition) is 1. The van der Waals surface area contributed by atoms with E-state index in [9.17, 15) is 10.1 Å². The van der Waals surface area contributed by atoms with Gasteiger partial charge in [-0.25, -0.2) is 4.98 Å². The normalized spacial score (nSPS) is 26.6. The number of nitriles is 1. The molecule has 94 valence electrons. The molecule has 0 spiro atoms. The van der Waals surface area contributed by atoms with Crippen molar-refractivity contribution in [1.29, 1.82) is 5.26 Å². The predicted molar refractivity (Wildman–Crippen MR) is 70.8 cm³/mol. The number of hydrogen-bond acceptors (Lipinski definition) is 3. The number of carbonyl (C=O) groups excluding carboxylic acids is 1. The lowest BCUT2D eigenvalue weighted by atomic mass is 9.90. The Balaban J connectivity index is 2.22. The first-order chi connectivity index (χ1) is 8.59. The van der Waals surface area contributed by atoms with Gasteiger partial charge in [-0.05, 0) is 53.2 Å². The summed E-state index contributed by atoms with van der Waals surface area (Å²) in [5.41, 5.74) is -0.417. The fourth-order valence-corrected chi connectivity index (χ4v) is 2.81. The average Bonchev–Trinajstić information content (AvgIpc) is 2.72. The Hall–Kier alpha value is -1.41. The lowest BCUT2D eigenvalue weighted by molar-refractivity contribution is 0.0900. The molecule has 1 N–H and O–H groups in total. The summed E-state index contributed by atoms with van der Waals surface area (Å²) >= 11 is 3.29. The van der Waals surface area contributed by atoms with Crippen LogP contribution in [0.5, 0.6) is 0 Å². The lowest BCUT2D eigenvalue weighted by Crippen LogP contribution is -2.49. The van der Waals surface area contributed by atoms with E-state index in [4.69, 9.17) is 0 Å². The quantitative estimate of drug-likeness (QED) is 0.913. The number of pyridine rings is 1. The number of nitrogens with zero attached hydrogens (tertiary/aromatic N) is 2. The van der Waals surface area contributed by atoms with Crippen LogP contribution in [0.4, 0.5) is 0 Å². The summed E-state index contributed by atoms with van der Waals surface area (Å²) in [5.74, 6) is -0.119. The van der Waals surface area contributed by atoms with Crippen molar-refractivity contribution in [3.8, 4) is 6.07 Å². The summed E-state index contributed by atoms with van der Waals surface area (Å²) in [7, 11) is 0. The molecule has 1 aromatic rings. The van der Waals surface area contributed by atoms with Gasteiger partial charge >= 0.3 is 0 Å². The van der Waals surface area contributed by atoms with Crippen LogP contribution in [0.1, 0.15) is 36.7 Å². The Morgan fingerprint density at radius 1 is 1.72 bits per heavy atom. The van der Waals surface area contributed by atoms with Crippen LogP contribution in [0.2, 0.25) is 0 Å². The maximum atomic E-state index is 12.2. The van der Waals surface area contributed by atoms with Crippen molar-refractivity contribution in [3.63, 3.8) is 0 Å². The zero-order valence-electron chi connectivity index (χ0n) is 10.1. The van der Waals surface area contributed by atoms with E-state index in [-0.39, 0.29) is 11.8 Å². The third-order valence-electron chi connectivity index (χ3n) is 3.56. The molecule has 1 heterocycles. The lowest BCUT2D eigenvalue weighted by Gasteiger charge is -2.27. The average molecular weight is 308 g/mol. The Bertz CT molecular complexity index is 511. The first kappa shape index (κ1) is 13.0. The molecule has 0 aromatic carbocycles. The highest BCUT2D eigenvalue weighted by Crippen LogP contribution is 2.35. The van der Waals surface area contributed by atoms with Crippen LogP contribution in [-0.4, -0.2) is 16.4 Å². The molecule has 0 radical (unpaired) electrons. The molecular weight excluding hydrogens is 294 g/mol. The molecule has 1 aliphatic rings. The molecule has 18 heavy (non-hydrogen) atoms. The van der Waals surface area contributed by atoms with Crippen LogP contribution >= 0.6 is 15.9 Å². The summed E-state index contributed by atoms with van der Waals surface area (Å²) in [4.78, 5) is 16.2. The predicted octanol–water partition coefficient (Wildman–Crippen LogP) is 2.66. The van der Waals surface area contributed by atoms with E-state index in [1.165, 1.54) is 0 Å². The monoisotopic (exact) mass is 307 g/mol. The Labute approximate surface area is 115 Å². The SMILES string of the molecule is CC1CCCC1(C#N)NC(=O)c1ncccc1Br. The van der Waals surface area contributed by atoms with Crippen LogP contribution in [0, 0.1) is 17.2 Å². The smallest absolute Gasteiger partial charge is 0.272 e. The van der Waals surface area contributed by atoms with E-state index < -0.39 is 5.54 Å². The number of amides is 1. The first-order valence-electron chi connectivity index (χ1n) is 5.93. The Kier molecular flexibility index (Phi) is 3.67. The number of halogens is 1. The zero-order valence-corrected chi connectivity index (χ0v) is 11.7. The standard InChI is InChI=1S/C13H14BrN3O/c1-9-4-2-6-13(9,8-15)17-12(18)11-10(14)5-3-7-16-11/h3,5,7,9H,2,4,6H2,1H3,(H,17,18). The minimum absolute atomic E-state index is 0.175. The highest BCUT2D eigenvalue weighted by atomic mass is 79.9. The fourth-order valence-electron chi connectivity index (χ4n) is 2.37. The molecule has 0 aliphatic heterocycles. The van der Waals surface area contributed by atoms with Crippen molar-refractivity contribution in [2.45, 2.75) is 31.7 Å². The van der Waals surface area contributed by atoms with Crippen molar-refractivity contribution in [3.05, 3.63) is 28.5 Å². The summed E-state index contributed by atoms with van der Waals surface area (Å²) in [6.07, 6.45) is 4.22. The summed E-state index contributed by atoms with van der Waals surface area (Å²) in [5, 5.41) is 12.2. The van der Waals surface area contributed by atoms with Gasteiger partial charge in [0, 0.05) is 10.7 Å². The van der Waals surface area contributed by atoms with Crippen molar-refractivity contribution in [1.82, 2.24) is 10.3 Å². The minimum atomic E-state index is -0.742. The van der Waals surface area contributed by atoms with Crippen LogP contribution in [-0.2, 0) is 0 Å². The molecule has 1 saturated carbocycles. The molecule has 1 aromatic heterocycles. The molecule has 1 amide bonds. The molecule has 1 aliphatic carbocycles. The van der Waals surface area contributed by atoms with Gasteiger partial charge in [0.05, 0.1) is 6.07 Å². The van der Waals surface area contributed by atoms with Gasteiger partial charge in [-0.3, -0.25) is 4.79 Å². The maximum absolute atomic E-state index is 12.2. The highest BCUT2D eigenvalue weighted by Gasteiger charge is 2.42. The first-order valence-corrected chi connectivity index (χ1v) is 6.72. The van der Waals surface area contributed by atoms with Gasteiger partial charge in [0.15, 0.2) is 0 Å². The zero-order chi connectivity index (χ0) is 13.2. The van der Waals surface area contributed by atoms with Gasteiger partial charge in [-0.15, -0.1) is 0 Å². The van der Waals surface area contributed by atoms with Gasteiger partial charge in [-0.1, -0.05) is 6.92 Å². The third kappa shape index (κ3) is 2.25. The van der Waals surface area contributed by atoms with Crippen molar-refractivity contribution >= 4 is 21.8 Å². The number of aromatic nitrogens is 1. The molecule has 2 unspecified atom stereocenters. The van der Waals surface area contributed by atoms with Crippen LogP contribution in [0.15, 0.2) is 22.8 Å². The molecule has 2 atom stereocenters. The van der Waals surface area contributed by atoms with Gasteiger partial charge in [-0.2, -0.15) is 5.26 Å². The van der Waals surface area contributed by atoms with E-state index in [0.29, 0.717) is 16.6 Å². The van der Waals surface area contributed by atoms with Crippen molar-refractivity contribution < 1.29 is 4.79 Å². The van der Waals surface area contributed by atoms with Crippen molar-refractivity contribution in [2.24, 2.45) is 5.92 Å². The van der Waals surface area contributed by atoms with Crippen LogP contribution in [0.25, 0.3) is 0 Å². The second kappa shape index (κ2) is 5.07. The van der Waals surface area contributed by atoms with E-state index >= 15 is 0 Å².